The Hall–Kier alpha value is -2.96. The lowest BCUT2D eigenvalue weighted by Gasteiger charge is -2.14. The summed E-state index contributed by atoms with van der Waals surface area (Å²) >= 11 is 0. The number of pyridine rings is 1. The summed E-state index contributed by atoms with van der Waals surface area (Å²) in [5.74, 6) is 3.15. The molecule has 0 spiro atoms. The minimum Gasteiger partial charge on any atom is -0.493 e. The van der Waals surface area contributed by atoms with Gasteiger partial charge in [0.1, 0.15) is 5.82 Å². The summed E-state index contributed by atoms with van der Waals surface area (Å²) in [7, 11) is 9.00. The monoisotopic (exact) mass is 371 g/mol. The molecular formula is C20H29N5O2. The van der Waals surface area contributed by atoms with Gasteiger partial charge in [0.25, 0.3) is 0 Å². The minimum atomic E-state index is 0.609. The van der Waals surface area contributed by atoms with Gasteiger partial charge in [-0.3, -0.25) is 4.99 Å². The molecule has 146 valence electrons. The van der Waals surface area contributed by atoms with Crippen LogP contribution in [0.2, 0.25) is 0 Å². The van der Waals surface area contributed by atoms with Crippen LogP contribution in [0.15, 0.2) is 41.4 Å². The Morgan fingerprint density at radius 2 is 1.85 bits per heavy atom. The maximum absolute atomic E-state index is 5.35. The van der Waals surface area contributed by atoms with Gasteiger partial charge in [0.15, 0.2) is 17.5 Å². The van der Waals surface area contributed by atoms with Crippen LogP contribution < -0.4 is 25.0 Å². The second-order valence-corrected chi connectivity index (χ2v) is 6.17. The molecule has 2 rings (SSSR count). The summed E-state index contributed by atoms with van der Waals surface area (Å²) < 4.78 is 10.6. The van der Waals surface area contributed by atoms with Gasteiger partial charge in [-0.1, -0.05) is 12.1 Å². The van der Waals surface area contributed by atoms with Crippen molar-refractivity contribution in [2.24, 2.45) is 4.99 Å². The number of nitrogens with one attached hydrogen (secondary N) is 2. The third kappa shape index (κ3) is 6.06. The molecule has 0 unspecified atom stereocenters. The van der Waals surface area contributed by atoms with Gasteiger partial charge in [0, 0.05) is 27.7 Å². The Labute approximate surface area is 161 Å². The third-order valence-corrected chi connectivity index (χ3v) is 4.06. The number of aliphatic imine (C=N–C) groups is 1. The Balaban J connectivity index is 1.85. The second-order valence-electron chi connectivity index (χ2n) is 6.17. The van der Waals surface area contributed by atoms with Crippen LogP contribution in [0, 0.1) is 0 Å². The fourth-order valence-corrected chi connectivity index (χ4v) is 2.57. The predicted octanol–water partition coefficient (Wildman–Crippen LogP) is 2.07. The summed E-state index contributed by atoms with van der Waals surface area (Å²) in [6.07, 6.45) is 0.843. The van der Waals surface area contributed by atoms with Gasteiger partial charge in [0.2, 0.25) is 0 Å². The molecule has 7 heteroatoms. The molecule has 0 aliphatic rings. The zero-order valence-electron chi connectivity index (χ0n) is 16.7. The summed E-state index contributed by atoms with van der Waals surface area (Å²) in [4.78, 5) is 10.8. The maximum Gasteiger partial charge on any atom is 0.191 e. The predicted molar refractivity (Wildman–Crippen MR) is 110 cm³/mol. The van der Waals surface area contributed by atoms with E-state index in [0.717, 1.165) is 47.5 Å². The van der Waals surface area contributed by atoms with Crippen LogP contribution in [-0.4, -0.2) is 52.9 Å². The molecule has 27 heavy (non-hydrogen) atoms. The van der Waals surface area contributed by atoms with E-state index in [-0.39, 0.29) is 0 Å². The highest BCUT2D eigenvalue weighted by Gasteiger charge is 2.05. The van der Waals surface area contributed by atoms with Gasteiger partial charge in [0.05, 0.1) is 26.5 Å². The number of guanidine groups is 1. The Kier molecular flexibility index (Phi) is 7.73. The van der Waals surface area contributed by atoms with Gasteiger partial charge in [-0.05, 0) is 36.2 Å². The molecule has 2 N–H and O–H groups in total. The highest BCUT2D eigenvalue weighted by atomic mass is 16.5. The van der Waals surface area contributed by atoms with Crippen LogP contribution in [0.1, 0.15) is 11.3 Å². The summed E-state index contributed by atoms with van der Waals surface area (Å²) in [6.45, 7) is 1.36. The average molecular weight is 371 g/mol. The maximum atomic E-state index is 5.35. The molecule has 1 aromatic carbocycles. The SMILES string of the molecule is CN=C(NCCc1ccc(OC)c(OC)c1)NCc1cccc(N(C)C)n1. The molecule has 0 bridgehead atoms. The highest BCUT2D eigenvalue weighted by Crippen LogP contribution is 2.27. The van der Waals surface area contributed by atoms with E-state index in [4.69, 9.17) is 9.47 Å². The summed E-state index contributed by atoms with van der Waals surface area (Å²) in [5, 5.41) is 6.61. The zero-order valence-corrected chi connectivity index (χ0v) is 16.7. The van der Waals surface area contributed by atoms with Gasteiger partial charge in [-0.15, -0.1) is 0 Å². The number of methoxy groups -OCH3 is 2. The van der Waals surface area contributed by atoms with Gasteiger partial charge < -0.3 is 25.0 Å². The lowest BCUT2D eigenvalue weighted by Crippen LogP contribution is -2.38. The first-order chi connectivity index (χ1) is 13.1. The van der Waals surface area contributed by atoms with E-state index in [1.54, 1.807) is 21.3 Å². The van der Waals surface area contributed by atoms with Crippen LogP contribution in [0.4, 0.5) is 5.82 Å². The van der Waals surface area contributed by atoms with Crippen LogP contribution >= 0.6 is 0 Å². The molecule has 0 fully saturated rings. The third-order valence-electron chi connectivity index (χ3n) is 4.06. The largest absolute Gasteiger partial charge is 0.493 e. The molecule has 1 heterocycles. The molecule has 1 aromatic heterocycles. The number of hydrogen-bond acceptors (Lipinski definition) is 5. The second kappa shape index (κ2) is 10.3. The fraction of sp³-hybridized carbons (Fsp3) is 0.400. The first-order valence-electron chi connectivity index (χ1n) is 8.86. The Bertz CT molecular complexity index is 762. The molecule has 2 aromatic rings. The number of anilines is 1. The van der Waals surface area contributed by atoms with Crippen LogP contribution in [0.3, 0.4) is 0 Å². The van der Waals surface area contributed by atoms with Gasteiger partial charge >= 0.3 is 0 Å². The van der Waals surface area contributed by atoms with E-state index < -0.39 is 0 Å². The number of rotatable bonds is 8. The molecule has 0 radical (unpaired) electrons. The van der Waals surface area contributed by atoms with Crippen molar-refractivity contribution >= 4 is 11.8 Å². The normalized spacial score (nSPS) is 11.1. The van der Waals surface area contributed by atoms with Crippen LogP contribution in [0.5, 0.6) is 11.5 Å². The van der Waals surface area contributed by atoms with Crippen molar-refractivity contribution < 1.29 is 9.47 Å². The van der Waals surface area contributed by atoms with Crippen molar-refractivity contribution in [1.29, 1.82) is 0 Å². The average Bonchev–Trinajstić information content (AvgIpc) is 2.70. The summed E-state index contributed by atoms with van der Waals surface area (Å²) in [5.41, 5.74) is 2.12. The molecule has 0 saturated carbocycles. The number of benzene rings is 1. The standard InChI is InChI=1S/C20H29N5O2/c1-21-20(23-14-16-7-6-8-19(24-16)25(2)3)22-12-11-15-9-10-17(26-4)18(13-15)27-5/h6-10,13H,11-12,14H2,1-5H3,(H2,21,22,23). The quantitative estimate of drug-likeness (QED) is 0.547. The Morgan fingerprint density at radius 1 is 1.07 bits per heavy atom. The van der Waals surface area contributed by atoms with Crippen LogP contribution in [-0.2, 0) is 13.0 Å². The number of aromatic nitrogens is 1. The number of ether oxygens (including phenoxy) is 2. The molecule has 0 aliphatic carbocycles. The lowest BCUT2D eigenvalue weighted by molar-refractivity contribution is 0.354. The van der Waals surface area contributed by atoms with Gasteiger partial charge in [-0.25, -0.2) is 4.98 Å². The first kappa shape index (κ1) is 20.4. The van der Waals surface area contributed by atoms with Crippen molar-refractivity contribution in [3.8, 4) is 11.5 Å². The van der Waals surface area contributed by atoms with E-state index in [1.807, 2.05) is 55.4 Å². The molecule has 7 nitrogen and oxygen atoms in total. The van der Waals surface area contributed by atoms with Crippen molar-refractivity contribution in [3.63, 3.8) is 0 Å². The fourth-order valence-electron chi connectivity index (χ4n) is 2.57. The molecule has 0 amide bonds. The number of nitrogens with zero attached hydrogens (tertiary/aromatic N) is 3. The van der Waals surface area contributed by atoms with Crippen molar-refractivity contribution in [1.82, 2.24) is 15.6 Å². The Morgan fingerprint density at radius 3 is 2.52 bits per heavy atom. The van der Waals surface area contributed by atoms with Crippen LogP contribution in [0.25, 0.3) is 0 Å². The smallest absolute Gasteiger partial charge is 0.191 e. The lowest BCUT2D eigenvalue weighted by atomic mass is 10.1. The molecule has 0 atom stereocenters. The number of hydrogen-bond donors (Lipinski definition) is 2. The zero-order chi connectivity index (χ0) is 19.6. The van der Waals surface area contributed by atoms with Gasteiger partial charge in [-0.2, -0.15) is 0 Å². The van der Waals surface area contributed by atoms with E-state index in [0.29, 0.717) is 6.54 Å². The topological polar surface area (TPSA) is 71.0 Å². The highest BCUT2D eigenvalue weighted by molar-refractivity contribution is 5.79. The molecule has 0 saturated heterocycles. The van der Waals surface area contributed by atoms with Crippen molar-refractivity contribution in [2.45, 2.75) is 13.0 Å². The molecule has 0 aliphatic heterocycles. The van der Waals surface area contributed by atoms with Crippen molar-refractivity contribution in [3.05, 3.63) is 47.7 Å². The molecular weight excluding hydrogens is 342 g/mol. The van der Waals surface area contributed by atoms with E-state index in [9.17, 15) is 0 Å². The minimum absolute atomic E-state index is 0.609. The van der Waals surface area contributed by atoms with E-state index >= 15 is 0 Å². The van der Waals surface area contributed by atoms with E-state index in [2.05, 4.69) is 20.6 Å². The van der Waals surface area contributed by atoms with E-state index in [1.165, 1.54) is 0 Å². The van der Waals surface area contributed by atoms with Crippen molar-refractivity contribution in [2.75, 3.05) is 46.8 Å². The summed E-state index contributed by atoms with van der Waals surface area (Å²) in [6, 6.07) is 11.9. The first-order valence-corrected chi connectivity index (χ1v) is 8.86.